The van der Waals surface area contributed by atoms with Gasteiger partial charge in [0.05, 0.1) is 12.4 Å². The van der Waals surface area contributed by atoms with Gasteiger partial charge in [0.1, 0.15) is 0 Å². The van der Waals surface area contributed by atoms with Crippen LogP contribution in [0.1, 0.15) is 5.69 Å². The number of halogens is 1. The number of hydrogen-bond acceptors (Lipinski definition) is 3. The quantitative estimate of drug-likeness (QED) is 0.613. The SMILES string of the molecule is NC(Cc1cnc[nH]1)C(=O)Cl.O. The minimum atomic E-state index is -0.642. The number of carbonyl (C=O) groups is 1. The Morgan fingerprint density at radius 2 is 2.50 bits per heavy atom. The summed E-state index contributed by atoms with van der Waals surface area (Å²) in [5.74, 6) is 0. The van der Waals surface area contributed by atoms with Gasteiger partial charge >= 0.3 is 0 Å². The number of rotatable bonds is 3. The maximum atomic E-state index is 10.5. The number of aromatic amines is 1. The van der Waals surface area contributed by atoms with Gasteiger partial charge < -0.3 is 16.2 Å². The zero-order valence-corrected chi connectivity index (χ0v) is 7.01. The minimum Gasteiger partial charge on any atom is -0.412 e. The van der Waals surface area contributed by atoms with Gasteiger partial charge in [0.15, 0.2) is 0 Å². The molecule has 1 atom stereocenters. The van der Waals surface area contributed by atoms with Gasteiger partial charge in [-0.3, -0.25) is 4.79 Å². The minimum absolute atomic E-state index is 0. The van der Waals surface area contributed by atoms with E-state index in [1.165, 1.54) is 6.33 Å². The lowest BCUT2D eigenvalue weighted by Gasteiger charge is -2.02. The summed E-state index contributed by atoms with van der Waals surface area (Å²) in [6.45, 7) is 0. The molecule has 6 heteroatoms. The normalized spacial score (nSPS) is 11.8. The van der Waals surface area contributed by atoms with E-state index in [0.29, 0.717) is 6.42 Å². The number of nitrogens with one attached hydrogen (secondary N) is 1. The van der Waals surface area contributed by atoms with Crippen LogP contribution in [0.15, 0.2) is 12.5 Å². The van der Waals surface area contributed by atoms with Crippen LogP contribution in [0.4, 0.5) is 0 Å². The predicted molar refractivity (Wildman–Crippen MR) is 44.7 cm³/mol. The maximum Gasteiger partial charge on any atom is 0.238 e. The molecule has 12 heavy (non-hydrogen) atoms. The largest absolute Gasteiger partial charge is 0.412 e. The van der Waals surface area contributed by atoms with Crippen LogP contribution in [-0.4, -0.2) is 26.7 Å². The zero-order chi connectivity index (χ0) is 8.27. The Labute approximate surface area is 74.2 Å². The van der Waals surface area contributed by atoms with E-state index in [1.807, 2.05) is 0 Å². The highest BCUT2D eigenvalue weighted by molar-refractivity contribution is 6.64. The highest BCUT2D eigenvalue weighted by Gasteiger charge is 2.11. The molecule has 0 aromatic carbocycles. The van der Waals surface area contributed by atoms with E-state index in [1.54, 1.807) is 6.20 Å². The summed E-state index contributed by atoms with van der Waals surface area (Å²) in [7, 11) is 0. The Hall–Kier alpha value is -0.910. The van der Waals surface area contributed by atoms with Crippen LogP contribution < -0.4 is 5.73 Å². The Bertz CT molecular complexity index is 237. The molecule has 0 aliphatic carbocycles. The molecule has 68 valence electrons. The molecule has 0 aliphatic heterocycles. The summed E-state index contributed by atoms with van der Waals surface area (Å²) in [5, 5.41) is -0.528. The van der Waals surface area contributed by atoms with Crippen LogP contribution in [0.3, 0.4) is 0 Å². The van der Waals surface area contributed by atoms with E-state index in [2.05, 4.69) is 9.97 Å². The highest BCUT2D eigenvalue weighted by Crippen LogP contribution is 1.98. The van der Waals surface area contributed by atoms with Gasteiger partial charge in [0, 0.05) is 18.3 Å². The summed E-state index contributed by atoms with van der Waals surface area (Å²) in [4.78, 5) is 17.1. The van der Waals surface area contributed by atoms with Crippen molar-refractivity contribution in [3.05, 3.63) is 18.2 Å². The Morgan fingerprint density at radius 1 is 1.83 bits per heavy atom. The first-order chi connectivity index (χ1) is 5.20. The number of hydrogen-bond donors (Lipinski definition) is 2. The average molecular weight is 192 g/mol. The van der Waals surface area contributed by atoms with E-state index < -0.39 is 11.3 Å². The van der Waals surface area contributed by atoms with E-state index in [0.717, 1.165) is 5.69 Å². The van der Waals surface area contributed by atoms with Crippen LogP contribution in [0.2, 0.25) is 0 Å². The van der Waals surface area contributed by atoms with Crippen LogP contribution >= 0.6 is 11.6 Å². The van der Waals surface area contributed by atoms with Crippen molar-refractivity contribution in [1.82, 2.24) is 9.97 Å². The van der Waals surface area contributed by atoms with Gasteiger partial charge in [-0.1, -0.05) is 0 Å². The first-order valence-electron chi connectivity index (χ1n) is 3.12. The first kappa shape index (κ1) is 11.1. The molecule has 1 aromatic rings. The predicted octanol–water partition coefficient (Wildman–Crippen LogP) is -0.780. The number of imidazole rings is 1. The Balaban J connectivity index is 0.00000121. The van der Waals surface area contributed by atoms with Gasteiger partial charge in [-0.05, 0) is 11.6 Å². The molecule has 0 bridgehead atoms. The molecule has 5 nitrogen and oxygen atoms in total. The van der Waals surface area contributed by atoms with Gasteiger partial charge in [-0.2, -0.15) is 0 Å². The molecule has 0 amide bonds. The number of carbonyl (C=O) groups excluding carboxylic acids is 1. The van der Waals surface area contributed by atoms with Crippen molar-refractivity contribution < 1.29 is 10.3 Å². The fourth-order valence-corrected chi connectivity index (χ4v) is 0.791. The van der Waals surface area contributed by atoms with Gasteiger partial charge in [0.25, 0.3) is 0 Å². The molecule has 0 saturated heterocycles. The topological polar surface area (TPSA) is 103 Å². The fraction of sp³-hybridized carbons (Fsp3) is 0.333. The van der Waals surface area contributed by atoms with Crippen LogP contribution in [0.5, 0.6) is 0 Å². The molecule has 0 aliphatic rings. The molecular formula is C6H10ClN3O2. The molecule has 0 radical (unpaired) electrons. The van der Waals surface area contributed by atoms with Crippen molar-refractivity contribution in [2.45, 2.75) is 12.5 Å². The molecule has 1 aromatic heterocycles. The van der Waals surface area contributed by atoms with E-state index in [4.69, 9.17) is 17.3 Å². The summed E-state index contributed by atoms with van der Waals surface area (Å²) < 4.78 is 0. The van der Waals surface area contributed by atoms with Gasteiger partial charge in [-0.25, -0.2) is 4.98 Å². The fourth-order valence-electron chi connectivity index (χ4n) is 0.713. The molecule has 1 rings (SSSR count). The third-order valence-corrected chi connectivity index (χ3v) is 1.57. The second kappa shape index (κ2) is 4.87. The van der Waals surface area contributed by atoms with Crippen molar-refractivity contribution in [1.29, 1.82) is 0 Å². The molecular weight excluding hydrogens is 182 g/mol. The molecule has 0 saturated carbocycles. The third-order valence-electron chi connectivity index (χ3n) is 1.29. The van der Waals surface area contributed by atoms with Crippen molar-refractivity contribution in [2.75, 3.05) is 0 Å². The third kappa shape index (κ3) is 3.00. The monoisotopic (exact) mass is 191 g/mol. The van der Waals surface area contributed by atoms with Gasteiger partial charge in [-0.15, -0.1) is 0 Å². The summed E-state index contributed by atoms with van der Waals surface area (Å²) in [5.41, 5.74) is 6.19. The zero-order valence-electron chi connectivity index (χ0n) is 6.25. The number of H-pyrrole nitrogens is 1. The smallest absolute Gasteiger partial charge is 0.238 e. The van der Waals surface area contributed by atoms with Crippen molar-refractivity contribution in [3.8, 4) is 0 Å². The summed E-state index contributed by atoms with van der Waals surface area (Å²) >= 11 is 5.15. The van der Waals surface area contributed by atoms with E-state index >= 15 is 0 Å². The maximum absolute atomic E-state index is 10.5. The second-order valence-corrected chi connectivity index (χ2v) is 2.56. The molecule has 5 N–H and O–H groups in total. The molecule has 1 heterocycles. The summed E-state index contributed by atoms with van der Waals surface area (Å²) in [6, 6.07) is -0.642. The van der Waals surface area contributed by atoms with Crippen molar-refractivity contribution in [3.63, 3.8) is 0 Å². The molecule has 1 unspecified atom stereocenters. The average Bonchev–Trinajstić information content (AvgIpc) is 2.39. The van der Waals surface area contributed by atoms with Crippen LogP contribution in [0.25, 0.3) is 0 Å². The lowest BCUT2D eigenvalue weighted by molar-refractivity contribution is -0.112. The lowest BCUT2D eigenvalue weighted by Crippen LogP contribution is -2.29. The lowest BCUT2D eigenvalue weighted by atomic mass is 10.2. The summed E-state index contributed by atoms with van der Waals surface area (Å²) in [6.07, 6.45) is 3.54. The van der Waals surface area contributed by atoms with Crippen LogP contribution in [0, 0.1) is 0 Å². The molecule has 0 fully saturated rings. The van der Waals surface area contributed by atoms with Crippen LogP contribution in [-0.2, 0) is 11.2 Å². The van der Waals surface area contributed by atoms with E-state index in [-0.39, 0.29) is 5.48 Å². The van der Waals surface area contributed by atoms with Crippen molar-refractivity contribution >= 4 is 16.8 Å². The molecule has 0 spiro atoms. The highest BCUT2D eigenvalue weighted by atomic mass is 35.5. The number of aromatic nitrogens is 2. The van der Waals surface area contributed by atoms with Crippen molar-refractivity contribution in [2.24, 2.45) is 5.73 Å². The number of nitrogens with two attached hydrogens (primary N) is 1. The first-order valence-corrected chi connectivity index (χ1v) is 3.50. The number of nitrogens with zero attached hydrogens (tertiary/aromatic N) is 1. The van der Waals surface area contributed by atoms with Gasteiger partial charge in [0.2, 0.25) is 5.24 Å². The Morgan fingerprint density at radius 3 is 2.92 bits per heavy atom. The second-order valence-electron chi connectivity index (χ2n) is 2.19. The standard InChI is InChI=1S/C6H8ClN3O.H2O/c7-6(11)5(8)1-4-2-9-3-10-4;/h2-3,5H,1,8H2,(H,9,10);1H2. The Kier molecular flexibility index (Phi) is 4.50. The van der Waals surface area contributed by atoms with E-state index in [9.17, 15) is 4.79 Å².